The molecule has 3 aromatic rings. The van der Waals surface area contributed by atoms with Crippen LogP contribution in [0.3, 0.4) is 0 Å². The number of nitrogens with one attached hydrogen (secondary N) is 1. The lowest BCUT2D eigenvalue weighted by molar-refractivity contribution is -0.127. The summed E-state index contributed by atoms with van der Waals surface area (Å²) in [7, 11) is 0. The fourth-order valence-electron chi connectivity index (χ4n) is 3.79. The van der Waals surface area contributed by atoms with Gasteiger partial charge in [0.15, 0.2) is 0 Å². The second-order valence-corrected chi connectivity index (χ2v) is 8.63. The maximum absolute atomic E-state index is 13.3. The van der Waals surface area contributed by atoms with E-state index in [1.54, 1.807) is 97.6 Å². The van der Waals surface area contributed by atoms with Crippen molar-refractivity contribution >= 4 is 29.8 Å². The summed E-state index contributed by atoms with van der Waals surface area (Å²) in [6, 6.07) is 20.1. The Labute approximate surface area is 227 Å². The molecule has 0 aliphatic carbocycles. The summed E-state index contributed by atoms with van der Waals surface area (Å²) in [4.78, 5) is 39.8. The molecule has 3 rings (SSSR count). The number of benzene rings is 3. The molecule has 8 nitrogen and oxygen atoms in total. The van der Waals surface area contributed by atoms with E-state index in [1.165, 1.54) is 0 Å². The third kappa shape index (κ3) is 7.75. The molecule has 0 saturated carbocycles. The van der Waals surface area contributed by atoms with Gasteiger partial charge in [0, 0.05) is 24.2 Å². The Morgan fingerprint density at radius 2 is 1.59 bits per heavy atom. The minimum Gasteiger partial charge on any atom is -0.462 e. The van der Waals surface area contributed by atoms with E-state index in [0.29, 0.717) is 40.1 Å². The zero-order chi connectivity index (χ0) is 28.4. The number of esters is 2. The second-order valence-electron chi connectivity index (χ2n) is 8.63. The second kappa shape index (κ2) is 13.5. The molecule has 0 unspecified atom stereocenters. The number of hydrogen-bond acceptors (Lipinski definition) is 6. The van der Waals surface area contributed by atoms with Gasteiger partial charge < -0.3 is 20.1 Å². The first-order valence-electron chi connectivity index (χ1n) is 12.3. The number of rotatable bonds is 11. The van der Waals surface area contributed by atoms with E-state index in [0.717, 1.165) is 5.56 Å². The van der Waals surface area contributed by atoms with Crippen LogP contribution in [-0.2, 0) is 16.1 Å². The lowest BCUT2D eigenvalue weighted by atomic mass is 10.1. The van der Waals surface area contributed by atoms with Crippen LogP contribution in [0, 0.1) is 5.41 Å². The lowest BCUT2D eigenvalue weighted by Crippen LogP contribution is -2.32. The first-order valence-corrected chi connectivity index (χ1v) is 12.3. The van der Waals surface area contributed by atoms with Crippen molar-refractivity contribution in [2.24, 2.45) is 5.73 Å². The van der Waals surface area contributed by atoms with Gasteiger partial charge in [-0.1, -0.05) is 36.4 Å². The van der Waals surface area contributed by atoms with Gasteiger partial charge in [0.05, 0.1) is 17.7 Å². The molecule has 0 aromatic heterocycles. The van der Waals surface area contributed by atoms with Gasteiger partial charge in [-0.2, -0.15) is 0 Å². The predicted octanol–water partition coefficient (Wildman–Crippen LogP) is 4.98. The van der Waals surface area contributed by atoms with Crippen LogP contribution in [0.4, 0.5) is 0 Å². The van der Waals surface area contributed by atoms with Crippen molar-refractivity contribution in [3.8, 4) is 5.75 Å². The van der Waals surface area contributed by atoms with Crippen molar-refractivity contribution in [3.63, 3.8) is 0 Å². The van der Waals surface area contributed by atoms with E-state index < -0.39 is 11.9 Å². The Morgan fingerprint density at radius 3 is 2.21 bits per heavy atom. The average Bonchev–Trinajstić information content (AvgIpc) is 2.93. The van der Waals surface area contributed by atoms with E-state index in [1.807, 2.05) is 6.07 Å². The number of ether oxygens (including phenoxy) is 2. The molecule has 0 fully saturated rings. The number of amides is 1. The molecule has 1 amide bonds. The number of carbonyl (C=O) groups excluding carboxylic acids is 3. The maximum atomic E-state index is 13.3. The molecule has 0 aliphatic heterocycles. The molecule has 0 aliphatic rings. The normalized spacial score (nSPS) is 10.9. The van der Waals surface area contributed by atoms with Gasteiger partial charge in [0.2, 0.25) is 5.91 Å². The van der Waals surface area contributed by atoms with Gasteiger partial charge in [0.1, 0.15) is 11.6 Å². The van der Waals surface area contributed by atoms with E-state index >= 15 is 0 Å². The summed E-state index contributed by atoms with van der Waals surface area (Å²) in [5.41, 5.74) is 8.62. The average molecular weight is 526 g/mol. The van der Waals surface area contributed by atoms with Crippen molar-refractivity contribution in [3.05, 3.63) is 119 Å². The van der Waals surface area contributed by atoms with Gasteiger partial charge in [-0.3, -0.25) is 10.2 Å². The fourth-order valence-corrected chi connectivity index (χ4v) is 3.79. The van der Waals surface area contributed by atoms with Crippen LogP contribution in [-0.4, -0.2) is 41.7 Å². The first-order chi connectivity index (χ1) is 18.7. The van der Waals surface area contributed by atoms with Gasteiger partial charge in [-0.25, -0.2) is 9.59 Å². The molecule has 0 saturated heterocycles. The fraction of sp³-hybridized carbons (Fsp3) is 0.161. The highest BCUT2D eigenvalue weighted by molar-refractivity contribution is 5.98. The zero-order valence-electron chi connectivity index (χ0n) is 22.0. The summed E-state index contributed by atoms with van der Waals surface area (Å²) >= 11 is 0. The molecule has 0 atom stereocenters. The van der Waals surface area contributed by atoms with Crippen molar-refractivity contribution in [1.82, 2.24) is 4.90 Å². The van der Waals surface area contributed by atoms with Crippen molar-refractivity contribution in [2.75, 3.05) is 13.2 Å². The molecule has 0 bridgehead atoms. The standard InChI is InChI=1S/C31H31N3O5/c1-4-18-34(20-25-8-6-7-9-27(25)31(37)38-5-2)29(35)21(3)19-22-10-12-24(13-11-22)30(36)39-26-16-14-23(15-17-26)28(32)33/h4,6-17,19H,1,5,18,20H2,2-3H3,(H3,32,33)/b21-19+. The molecular formula is C31H31N3O5. The Hall–Kier alpha value is -4.98. The zero-order valence-corrected chi connectivity index (χ0v) is 22.0. The number of nitrogen functional groups attached to an aromatic ring is 1. The Morgan fingerprint density at radius 1 is 0.949 bits per heavy atom. The van der Waals surface area contributed by atoms with Gasteiger partial charge >= 0.3 is 11.9 Å². The van der Waals surface area contributed by atoms with E-state index in [2.05, 4.69) is 6.58 Å². The van der Waals surface area contributed by atoms with Crippen LogP contribution in [0.5, 0.6) is 5.75 Å². The predicted molar refractivity (Wildman–Crippen MR) is 151 cm³/mol. The monoisotopic (exact) mass is 525 g/mol. The molecule has 3 aromatic carbocycles. The topological polar surface area (TPSA) is 123 Å². The minimum atomic E-state index is -0.536. The highest BCUT2D eigenvalue weighted by Gasteiger charge is 2.19. The molecule has 200 valence electrons. The molecule has 8 heteroatoms. The maximum Gasteiger partial charge on any atom is 0.343 e. The summed E-state index contributed by atoms with van der Waals surface area (Å²) in [6.07, 6.45) is 3.36. The SMILES string of the molecule is C=CCN(Cc1ccccc1C(=O)OCC)C(=O)/C(C)=C/c1ccc(C(=O)Oc2ccc(C(=N)N)cc2)cc1. The van der Waals surface area contributed by atoms with Crippen molar-refractivity contribution < 1.29 is 23.9 Å². The van der Waals surface area contributed by atoms with Gasteiger partial charge in [-0.15, -0.1) is 6.58 Å². The molecule has 3 N–H and O–H groups in total. The minimum absolute atomic E-state index is 0.0700. The van der Waals surface area contributed by atoms with E-state index in [9.17, 15) is 14.4 Å². The smallest absolute Gasteiger partial charge is 0.343 e. The quantitative estimate of drug-likeness (QED) is 0.0909. The molecule has 39 heavy (non-hydrogen) atoms. The Bertz CT molecular complexity index is 1390. The van der Waals surface area contributed by atoms with Crippen LogP contribution < -0.4 is 10.5 Å². The van der Waals surface area contributed by atoms with Crippen LogP contribution >= 0.6 is 0 Å². The number of carbonyl (C=O) groups is 3. The third-order valence-corrected chi connectivity index (χ3v) is 5.75. The number of nitrogens with zero attached hydrogens (tertiary/aromatic N) is 1. The van der Waals surface area contributed by atoms with Gasteiger partial charge in [-0.05, 0) is 73.5 Å². The first kappa shape index (κ1) is 28.6. The van der Waals surface area contributed by atoms with Crippen molar-refractivity contribution in [1.29, 1.82) is 5.41 Å². The number of amidine groups is 1. The third-order valence-electron chi connectivity index (χ3n) is 5.75. The summed E-state index contributed by atoms with van der Waals surface area (Å²) in [5.74, 6) is -0.919. The van der Waals surface area contributed by atoms with Crippen LogP contribution in [0.25, 0.3) is 6.08 Å². The molecule has 0 heterocycles. The van der Waals surface area contributed by atoms with E-state index in [-0.39, 0.29) is 24.9 Å². The number of hydrogen-bond donors (Lipinski definition) is 2. The Balaban J connectivity index is 1.71. The largest absolute Gasteiger partial charge is 0.462 e. The van der Waals surface area contributed by atoms with Crippen LogP contribution in [0.2, 0.25) is 0 Å². The lowest BCUT2D eigenvalue weighted by Gasteiger charge is -2.23. The Kier molecular flexibility index (Phi) is 9.92. The van der Waals surface area contributed by atoms with E-state index in [4.69, 9.17) is 20.6 Å². The highest BCUT2D eigenvalue weighted by atomic mass is 16.5. The highest BCUT2D eigenvalue weighted by Crippen LogP contribution is 2.18. The van der Waals surface area contributed by atoms with Crippen LogP contribution in [0.15, 0.2) is 91.0 Å². The summed E-state index contributed by atoms with van der Waals surface area (Å²) in [5, 5.41) is 7.43. The summed E-state index contributed by atoms with van der Waals surface area (Å²) < 4.78 is 10.5. The molecule has 0 radical (unpaired) electrons. The van der Waals surface area contributed by atoms with Gasteiger partial charge in [0.25, 0.3) is 0 Å². The summed E-state index contributed by atoms with van der Waals surface area (Å²) in [6.45, 7) is 7.97. The van der Waals surface area contributed by atoms with Crippen molar-refractivity contribution in [2.45, 2.75) is 20.4 Å². The van der Waals surface area contributed by atoms with Crippen LogP contribution in [0.1, 0.15) is 51.3 Å². The molecular weight excluding hydrogens is 494 g/mol. The number of nitrogens with two attached hydrogens (primary N) is 1. The molecule has 0 spiro atoms.